The van der Waals surface area contributed by atoms with E-state index in [0.717, 1.165) is 12.8 Å². The minimum absolute atomic E-state index is 0.0563. The van der Waals surface area contributed by atoms with Crippen molar-refractivity contribution in [3.8, 4) is 0 Å². The molecule has 1 atom stereocenters. The fourth-order valence-electron chi connectivity index (χ4n) is 1.33. The van der Waals surface area contributed by atoms with Gasteiger partial charge in [0.2, 0.25) is 0 Å². The van der Waals surface area contributed by atoms with Crippen LogP contribution in [0.5, 0.6) is 0 Å². The number of aliphatic hydroxyl groups excluding tert-OH is 1. The second kappa shape index (κ2) is 2.29. The van der Waals surface area contributed by atoms with E-state index in [9.17, 15) is 5.11 Å². The molecule has 1 aromatic heterocycles. The fraction of sp³-hybridized carbons (Fsp3) is 0.750. The molecule has 66 valence electrons. The maximum atomic E-state index is 9.87. The summed E-state index contributed by atoms with van der Waals surface area (Å²) in [6.07, 6.45) is 3.19. The molecule has 1 aromatic rings. The van der Waals surface area contributed by atoms with E-state index in [1.807, 2.05) is 0 Å². The minimum Gasteiger partial charge on any atom is -0.385 e. The molecule has 2 rings (SSSR count). The lowest BCUT2D eigenvalue weighted by atomic mass is 10.0. The van der Waals surface area contributed by atoms with Crippen LogP contribution in [0.15, 0.2) is 6.33 Å². The normalized spacial score (nSPS) is 22.2. The molecule has 1 fully saturated rings. The van der Waals surface area contributed by atoms with Crippen molar-refractivity contribution in [2.45, 2.75) is 25.9 Å². The van der Waals surface area contributed by atoms with Crippen LogP contribution in [0.1, 0.15) is 31.7 Å². The van der Waals surface area contributed by atoms with Crippen LogP contribution in [0.4, 0.5) is 0 Å². The van der Waals surface area contributed by atoms with E-state index in [4.69, 9.17) is 0 Å². The highest BCUT2D eigenvalue weighted by Crippen LogP contribution is 2.53. The molecule has 1 aliphatic carbocycles. The van der Waals surface area contributed by atoms with E-state index in [1.54, 1.807) is 11.7 Å². The number of aliphatic hydroxyl groups is 1. The van der Waals surface area contributed by atoms with E-state index < -0.39 is 6.10 Å². The van der Waals surface area contributed by atoms with Gasteiger partial charge in [-0.15, -0.1) is 0 Å². The zero-order valence-electron chi connectivity index (χ0n) is 7.36. The Kier molecular flexibility index (Phi) is 1.48. The molecule has 0 radical (unpaired) electrons. The first-order chi connectivity index (χ1) is 5.63. The van der Waals surface area contributed by atoms with Crippen LogP contribution in [-0.4, -0.2) is 19.9 Å². The number of aromatic nitrogens is 3. The Morgan fingerprint density at radius 2 is 2.33 bits per heavy atom. The molecule has 0 amide bonds. The van der Waals surface area contributed by atoms with Gasteiger partial charge in [-0.2, -0.15) is 5.10 Å². The highest BCUT2D eigenvalue weighted by molar-refractivity contribution is 5.04. The van der Waals surface area contributed by atoms with Gasteiger partial charge in [-0.25, -0.2) is 4.98 Å². The molecule has 1 heterocycles. The van der Waals surface area contributed by atoms with Crippen molar-refractivity contribution in [1.29, 1.82) is 0 Å². The van der Waals surface area contributed by atoms with Gasteiger partial charge in [0.25, 0.3) is 0 Å². The second-order valence-electron chi connectivity index (χ2n) is 3.80. The van der Waals surface area contributed by atoms with Gasteiger partial charge in [0.1, 0.15) is 12.4 Å². The summed E-state index contributed by atoms with van der Waals surface area (Å²) < 4.78 is 1.63. The Morgan fingerprint density at radius 3 is 2.75 bits per heavy atom. The predicted molar refractivity (Wildman–Crippen MR) is 43.3 cm³/mol. The number of hydrogen-bond donors (Lipinski definition) is 1. The zero-order chi connectivity index (χ0) is 8.77. The standard InChI is InChI=1S/C8H13N3O/c1-8(3-4-8)6(12)7-9-5-10-11(7)2/h5-6,12H,3-4H2,1-2H3. The van der Waals surface area contributed by atoms with Gasteiger partial charge in [0.05, 0.1) is 0 Å². The monoisotopic (exact) mass is 167 g/mol. The molecular weight excluding hydrogens is 154 g/mol. The Labute approximate surface area is 71.2 Å². The van der Waals surface area contributed by atoms with Crippen LogP contribution in [0.3, 0.4) is 0 Å². The van der Waals surface area contributed by atoms with E-state index in [-0.39, 0.29) is 5.41 Å². The maximum Gasteiger partial charge on any atom is 0.156 e. The molecule has 4 heteroatoms. The smallest absolute Gasteiger partial charge is 0.156 e. The first-order valence-electron chi connectivity index (χ1n) is 4.15. The average Bonchev–Trinajstić information content (AvgIpc) is 2.63. The third-order valence-electron chi connectivity index (χ3n) is 2.69. The van der Waals surface area contributed by atoms with Crippen molar-refractivity contribution in [3.05, 3.63) is 12.2 Å². The van der Waals surface area contributed by atoms with Gasteiger partial charge >= 0.3 is 0 Å². The summed E-state index contributed by atoms with van der Waals surface area (Å²) in [5.74, 6) is 0.676. The van der Waals surface area contributed by atoms with Crippen molar-refractivity contribution < 1.29 is 5.11 Å². The Hall–Kier alpha value is -0.900. The summed E-state index contributed by atoms with van der Waals surface area (Å²) in [5.41, 5.74) is 0.0563. The van der Waals surface area contributed by atoms with Gasteiger partial charge in [-0.05, 0) is 12.8 Å². The van der Waals surface area contributed by atoms with Crippen LogP contribution < -0.4 is 0 Å². The lowest BCUT2D eigenvalue weighted by Crippen LogP contribution is -2.15. The molecule has 0 bridgehead atoms. The Bertz CT molecular complexity index is 290. The van der Waals surface area contributed by atoms with Crippen molar-refractivity contribution in [2.24, 2.45) is 12.5 Å². The van der Waals surface area contributed by atoms with Gasteiger partial charge in [-0.1, -0.05) is 6.92 Å². The topological polar surface area (TPSA) is 50.9 Å². The third kappa shape index (κ3) is 1.03. The Balaban J connectivity index is 2.25. The van der Waals surface area contributed by atoms with Crippen LogP contribution in [0.25, 0.3) is 0 Å². The number of hydrogen-bond acceptors (Lipinski definition) is 3. The van der Waals surface area contributed by atoms with Crippen molar-refractivity contribution in [2.75, 3.05) is 0 Å². The highest BCUT2D eigenvalue weighted by atomic mass is 16.3. The third-order valence-corrected chi connectivity index (χ3v) is 2.69. The summed E-state index contributed by atoms with van der Waals surface area (Å²) in [7, 11) is 1.80. The average molecular weight is 167 g/mol. The molecule has 1 unspecified atom stereocenters. The zero-order valence-corrected chi connectivity index (χ0v) is 7.36. The van der Waals surface area contributed by atoms with Crippen molar-refractivity contribution >= 4 is 0 Å². The van der Waals surface area contributed by atoms with Gasteiger partial charge in [0, 0.05) is 12.5 Å². The first kappa shape index (κ1) is 7.73. The van der Waals surface area contributed by atoms with E-state index in [2.05, 4.69) is 17.0 Å². The molecule has 1 saturated carbocycles. The first-order valence-corrected chi connectivity index (χ1v) is 4.15. The predicted octanol–water partition coefficient (Wildman–Crippen LogP) is 0.649. The molecule has 0 aliphatic heterocycles. The molecule has 4 nitrogen and oxygen atoms in total. The number of rotatable bonds is 2. The number of nitrogens with zero attached hydrogens (tertiary/aromatic N) is 3. The van der Waals surface area contributed by atoms with E-state index in [1.165, 1.54) is 6.33 Å². The van der Waals surface area contributed by atoms with Gasteiger partial charge in [0.15, 0.2) is 5.82 Å². The van der Waals surface area contributed by atoms with Crippen molar-refractivity contribution in [3.63, 3.8) is 0 Å². The van der Waals surface area contributed by atoms with E-state index in [0.29, 0.717) is 5.82 Å². The second-order valence-corrected chi connectivity index (χ2v) is 3.80. The largest absolute Gasteiger partial charge is 0.385 e. The summed E-state index contributed by atoms with van der Waals surface area (Å²) in [4.78, 5) is 4.02. The lowest BCUT2D eigenvalue weighted by molar-refractivity contribution is 0.0910. The molecule has 0 spiro atoms. The number of aryl methyl sites for hydroxylation is 1. The molecule has 12 heavy (non-hydrogen) atoms. The molecular formula is C8H13N3O. The van der Waals surface area contributed by atoms with Crippen molar-refractivity contribution in [1.82, 2.24) is 14.8 Å². The summed E-state index contributed by atoms with van der Waals surface area (Å²) >= 11 is 0. The molecule has 0 aromatic carbocycles. The molecule has 1 aliphatic rings. The molecule has 0 saturated heterocycles. The quantitative estimate of drug-likeness (QED) is 0.703. The summed E-state index contributed by atoms with van der Waals surface area (Å²) in [5, 5.41) is 13.8. The van der Waals surface area contributed by atoms with Gasteiger partial charge < -0.3 is 5.11 Å². The van der Waals surface area contributed by atoms with Gasteiger partial charge in [-0.3, -0.25) is 4.68 Å². The van der Waals surface area contributed by atoms with Crippen LogP contribution in [0, 0.1) is 5.41 Å². The summed E-state index contributed by atoms with van der Waals surface area (Å²) in [6.45, 7) is 2.08. The Morgan fingerprint density at radius 1 is 1.67 bits per heavy atom. The summed E-state index contributed by atoms with van der Waals surface area (Å²) in [6, 6.07) is 0. The lowest BCUT2D eigenvalue weighted by Gasteiger charge is -2.15. The van der Waals surface area contributed by atoms with E-state index >= 15 is 0 Å². The SMILES string of the molecule is Cn1ncnc1C(O)C1(C)CC1. The maximum absolute atomic E-state index is 9.87. The van der Waals surface area contributed by atoms with Crippen LogP contribution >= 0.6 is 0 Å². The fourth-order valence-corrected chi connectivity index (χ4v) is 1.33. The van der Waals surface area contributed by atoms with Crippen LogP contribution in [-0.2, 0) is 7.05 Å². The van der Waals surface area contributed by atoms with Crippen LogP contribution in [0.2, 0.25) is 0 Å². The minimum atomic E-state index is -0.454. The highest BCUT2D eigenvalue weighted by Gasteiger charge is 2.46. The molecule has 1 N–H and O–H groups in total.